The van der Waals surface area contributed by atoms with Crippen molar-refractivity contribution in [3.8, 4) is 0 Å². The minimum absolute atomic E-state index is 0.765. The molecule has 0 saturated carbocycles. The molecule has 1 fully saturated rings. The van der Waals surface area contributed by atoms with Crippen LogP contribution in [0.3, 0.4) is 0 Å². The summed E-state index contributed by atoms with van der Waals surface area (Å²) < 4.78 is 0.765. The Labute approximate surface area is 122 Å². The van der Waals surface area contributed by atoms with Crippen molar-refractivity contribution in [1.29, 1.82) is 0 Å². The van der Waals surface area contributed by atoms with E-state index in [4.69, 9.17) is 12.2 Å². The van der Waals surface area contributed by atoms with E-state index < -0.39 is 0 Å². The fourth-order valence-electron chi connectivity index (χ4n) is 2.63. The zero-order valence-electron chi connectivity index (χ0n) is 10.7. The third-order valence-corrected chi connectivity index (χ3v) is 4.83. The Morgan fingerprint density at radius 3 is 2.63 bits per heavy atom. The maximum Gasteiger partial charge on any atom is 0.206 e. The van der Waals surface area contributed by atoms with Crippen LogP contribution < -0.4 is 4.90 Å². The van der Waals surface area contributed by atoms with Crippen molar-refractivity contribution in [2.75, 3.05) is 18.0 Å². The van der Waals surface area contributed by atoms with Crippen LogP contribution in [0.15, 0.2) is 30.3 Å². The third kappa shape index (κ3) is 3.22. The molecule has 1 N–H and O–H groups in total. The molecule has 0 amide bonds. The minimum Gasteiger partial charge on any atom is -0.347 e. The van der Waals surface area contributed by atoms with Crippen LogP contribution in [0, 0.1) is 9.87 Å². The molecule has 5 heteroatoms. The highest BCUT2D eigenvalue weighted by Crippen LogP contribution is 2.26. The molecule has 0 unspecified atom stereocenters. The maximum absolute atomic E-state index is 5.09. The monoisotopic (exact) mass is 291 g/mol. The van der Waals surface area contributed by atoms with Crippen molar-refractivity contribution >= 4 is 28.7 Å². The van der Waals surface area contributed by atoms with E-state index >= 15 is 0 Å². The smallest absolute Gasteiger partial charge is 0.206 e. The van der Waals surface area contributed by atoms with Crippen molar-refractivity contribution in [3.05, 3.63) is 39.8 Å². The number of rotatable bonds is 3. The lowest BCUT2D eigenvalue weighted by Crippen LogP contribution is -2.34. The number of benzene rings is 1. The summed E-state index contributed by atoms with van der Waals surface area (Å²) in [4.78, 5) is 2.35. The summed E-state index contributed by atoms with van der Waals surface area (Å²) in [6.45, 7) is 2.18. The number of piperidine rings is 1. The van der Waals surface area contributed by atoms with Gasteiger partial charge in [-0.15, -0.1) is 5.10 Å². The van der Waals surface area contributed by atoms with E-state index in [0.29, 0.717) is 0 Å². The predicted octanol–water partition coefficient (Wildman–Crippen LogP) is 3.66. The van der Waals surface area contributed by atoms with Crippen LogP contribution in [0.1, 0.15) is 18.4 Å². The Morgan fingerprint density at radius 2 is 2.00 bits per heavy atom. The summed E-state index contributed by atoms with van der Waals surface area (Å²) in [6.07, 6.45) is 3.67. The van der Waals surface area contributed by atoms with Gasteiger partial charge in [0.2, 0.25) is 5.13 Å². The Morgan fingerprint density at radius 1 is 1.26 bits per heavy atom. The van der Waals surface area contributed by atoms with Crippen LogP contribution in [-0.4, -0.2) is 23.3 Å². The SMILES string of the molecule is S=c1[nH]nc(N2CCC(Cc3ccccc3)CC2)s1. The largest absolute Gasteiger partial charge is 0.347 e. The molecule has 0 atom stereocenters. The number of nitrogens with one attached hydrogen (secondary N) is 1. The van der Waals surface area contributed by atoms with Crippen LogP contribution in [0.25, 0.3) is 0 Å². The number of aromatic nitrogens is 2. The maximum atomic E-state index is 5.09. The van der Waals surface area contributed by atoms with E-state index in [2.05, 4.69) is 45.4 Å². The zero-order valence-corrected chi connectivity index (χ0v) is 12.3. The van der Waals surface area contributed by atoms with Gasteiger partial charge in [-0.2, -0.15) is 0 Å². The molecule has 1 aromatic carbocycles. The molecule has 19 heavy (non-hydrogen) atoms. The Kier molecular flexibility index (Phi) is 3.94. The third-order valence-electron chi connectivity index (χ3n) is 3.68. The molecule has 0 spiro atoms. The van der Waals surface area contributed by atoms with E-state index in [9.17, 15) is 0 Å². The number of aromatic amines is 1. The van der Waals surface area contributed by atoms with E-state index in [0.717, 1.165) is 28.1 Å². The van der Waals surface area contributed by atoms with E-state index in [-0.39, 0.29) is 0 Å². The van der Waals surface area contributed by atoms with Crippen molar-refractivity contribution in [1.82, 2.24) is 10.2 Å². The van der Waals surface area contributed by atoms with Gasteiger partial charge in [-0.05, 0) is 43.0 Å². The fraction of sp³-hybridized carbons (Fsp3) is 0.429. The number of anilines is 1. The molecule has 3 rings (SSSR count). The van der Waals surface area contributed by atoms with E-state index in [1.54, 1.807) is 11.3 Å². The molecule has 1 saturated heterocycles. The topological polar surface area (TPSA) is 31.9 Å². The quantitative estimate of drug-likeness (QED) is 0.876. The highest BCUT2D eigenvalue weighted by Gasteiger charge is 2.21. The number of nitrogens with zero attached hydrogens (tertiary/aromatic N) is 2. The molecule has 2 aromatic rings. The van der Waals surface area contributed by atoms with Gasteiger partial charge in [0.15, 0.2) is 3.95 Å². The lowest BCUT2D eigenvalue weighted by atomic mass is 9.90. The van der Waals surface area contributed by atoms with Crippen molar-refractivity contribution in [2.45, 2.75) is 19.3 Å². The van der Waals surface area contributed by atoms with Crippen LogP contribution >= 0.6 is 23.6 Å². The standard InChI is InChI=1S/C14H17N3S2/c18-14-16-15-13(19-14)17-8-6-12(7-9-17)10-11-4-2-1-3-5-11/h1-5,12H,6-10H2,(H,16,18). The van der Waals surface area contributed by atoms with Gasteiger partial charge in [0.1, 0.15) is 0 Å². The second-order valence-electron chi connectivity index (χ2n) is 5.02. The first-order valence-electron chi connectivity index (χ1n) is 6.65. The molecule has 1 aromatic heterocycles. The molecular formula is C14H17N3S2. The summed E-state index contributed by atoms with van der Waals surface area (Å²) >= 11 is 6.66. The van der Waals surface area contributed by atoms with Crippen molar-refractivity contribution in [2.24, 2.45) is 5.92 Å². The number of H-pyrrole nitrogens is 1. The lowest BCUT2D eigenvalue weighted by Gasteiger charge is -2.31. The summed E-state index contributed by atoms with van der Waals surface area (Å²) in [7, 11) is 0. The van der Waals surface area contributed by atoms with Gasteiger partial charge in [-0.3, -0.25) is 5.10 Å². The number of hydrogen-bond acceptors (Lipinski definition) is 4. The zero-order chi connectivity index (χ0) is 13.1. The molecule has 0 aliphatic carbocycles. The van der Waals surface area contributed by atoms with Crippen LogP contribution in [0.4, 0.5) is 5.13 Å². The molecular weight excluding hydrogens is 274 g/mol. The second kappa shape index (κ2) is 5.84. The average Bonchev–Trinajstić information content (AvgIpc) is 2.87. The van der Waals surface area contributed by atoms with Crippen LogP contribution in [0.5, 0.6) is 0 Å². The lowest BCUT2D eigenvalue weighted by molar-refractivity contribution is 0.403. The van der Waals surface area contributed by atoms with E-state index in [1.165, 1.54) is 24.8 Å². The van der Waals surface area contributed by atoms with Gasteiger partial charge in [-0.1, -0.05) is 41.7 Å². The Hall–Kier alpha value is -1.20. The highest BCUT2D eigenvalue weighted by atomic mass is 32.1. The first kappa shape index (κ1) is 12.8. The highest BCUT2D eigenvalue weighted by molar-refractivity contribution is 7.73. The van der Waals surface area contributed by atoms with Gasteiger partial charge in [-0.25, -0.2) is 0 Å². The average molecular weight is 291 g/mol. The van der Waals surface area contributed by atoms with Gasteiger partial charge in [0, 0.05) is 13.1 Å². The molecule has 100 valence electrons. The normalized spacial score (nSPS) is 16.7. The van der Waals surface area contributed by atoms with Crippen LogP contribution in [-0.2, 0) is 6.42 Å². The number of hydrogen-bond donors (Lipinski definition) is 1. The summed E-state index contributed by atoms with van der Waals surface area (Å²) in [5.41, 5.74) is 1.45. The van der Waals surface area contributed by atoms with E-state index in [1.807, 2.05) is 0 Å². The van der Waals surface area contributed by atoms with Gasteiger partial charge in [0.25, 0.3) is 0 Å². The van der Waals surface area contributed by atoms with Crippen molar-refractivity contribution < 1.29 is 0 Å². The molecule has 3 nitrogen and oxygen atoms in total. The minimum atomic E-state index is 0.765. The summed E-state index contributed by atoms with van der Waals surface area (Å²) in [5.74, 6) is 0.797. The summed E-state index contributed by atoms with van der Waals surface area (Å²) in [5, 5.41) is 8.17. The molecule has 1 aliphatic heterocycles. The van der Waals surface area contributed by atoms with Crippen molar-refractivity contribution in [3.63, 3.8) is 0 Å². The Bertz CT molecular complexity index is 568. The second-order valence-corrected chi connectivity index (χ2v) is 6.66. The molecule has 0 radical (unpaired) electrons. The van der Waals surface area contributed by atoms with Crippen LogP contribution in [0.2, 0.25) is 0 Å². The Balaban J connectivity index is 1.56. The first-order valence-corrected chi connectivity index (χ1v) is 7.88. The predicted molar refractivity (Wildman–Crippen MR) is 82.4 cm³/mol. The molecule has 1 aliphatic rings. The summed E-state index contributed by atoms with van der Waals surface area (Å²) in [6, 6.07) is 10.8. The molecule has 0 bridgehead atoms. The first-order chi connectivity index (χ1) is 9.31. The van der Waals surface area contributed by atoms with Gasteiger partial charge < -0.3 is 4.90 Å². The molecule has 2 heterocycles. The van der Waals surface area contributed by atoms with Gasteiger partial charge >= 0.3 is 0 Å². The van der Waals surface area contributed by atoms with Gasteiger partial charge in [0.05, 0.1) is 0 Å². The fourth-order valence-corrected chi connectivity index (χ4v) is 3.56.